The van der Waals surface area contributed by atoms with Gasteiger partial charge in [-0.3, -0.25) is 10.1 Å². The molecule has 0 spiro atoms. The second-order valence-electron chi connectivity index (χ2n) is 5.93. The van der Waals surface area contributed by atoms with Crippen molar-refractivity contribution in [3.8, 4) is 0 Å². The molecule has 2 unspecified atom stereocenters. The van der Waals surface area contributed by atoms with Gasteiger partial charge in [-0.2, -0.15) is 0 Å². The SMILES string of the molecule is COCCNC1(C(=O)OC)CCCC(C(C)C)CC1. The fourth-order valence-electron chi connectivity index (χ4n) is 3.07. The van der Waals surface area contributed by atoms with Gasteiger partial charge in [0, 0.05) is 13.7 Å². The van der Waals surface area contributed by atoms with Gasteiger partial charge in [-0.25, -0.2) is 0 Å². The summed E-state index contributed by atoms with van der Waals surface area (Å²) in [6, 6.07) is 0. The maximum absolute atomic E-state index is 12.2. The standard InChI is InChI=1S/C15H29NO3/c1-12(2)13-6-5-8-15(9-7-13,14(17)19-4)16-10-11-18-3/h12-13,16H,5-11H2,1-4H3. The molecule has 0 heterocycles. The largest absolute Gasteiger partial charge is 0.468 e. The van der Waals surface area contributed by atoms with Gasteiger partial charge in [0.1, 0.15) is 5.54 Å². The molecule has 1 aliphatic rings. The van der Waals surface area contributed by atoms with E-state index in [1.54, 1.807) is 7.11 Å². The molecule has 0 saturated heterocycles. The molecule has 0 aromatic carbocycles. The van der Waals surface area contributed by atoms with Crippen LogP contribution in [0.1, 0.15) is 46.0 Å². The van der Waals surface area contributed by atoms with Gasteiger partial charge >= 0.3 is 5.97 Å². The Morgan fingerprint density at radius 3 is 2.63 bits per heavy atom. The molecule has 0 aliphatic heterocycles. The second kappa shape index (κ2) is 7.85. The molecular weight excluding hydrogens is 242 g/mol. The van der Waals surface area contributed by atoms with Gasteiger partial charge in [-0.05, 0) is 31.1 Å². The molecule has 0 aromatic heterocycles. The summed E-state index contributed by atoms with van der Waals surface area (Å²) >= 11 is 0. The molecular formula is C15H29NO3. The number of hydrogen-bond donors (Lipinski definition) is 1. The molecule has 0 bridgehead atoms. The van der Waals surface area contributed by atoms with Gasteiger partial charge in [0.2, 0.25) is 0 Å². The van der Waals surface area contributed by atoms with Crippen LogP contribution >= 0.6 is 0 Å². The highest BCUT2D eigenvalue weighted by Gasteiger charge is 2.40. The smallest absolute Gasteiger partial charge is 0.326 e. The van der Waals surface area contributed by atoms with Crippen molar-refractivity contribution in [2.24, 2.45) is 11.8 Å². The lowest BCUT2D eigenvalue weighted by molar-refractivity contribution is -0.149. The topological polar surface area (TPSA) is 47.6 Å². The quantitative estimate of drug-likeness (QED) is 0.458. The van der Waals surface area contributed by atoms with Crippen molar-refractivity contribution in [1.82, 2.24) is 5.32 Å². The number of methoxy groups -OCH3 is 2. The van der Waals surface area contributed by atoms with Crippen LogP contribution in [0.4, 0.5) is 0 Å². The number of rotatable bonds is 6. The first-order chi connectivity index (χ1) is 9.05. The predicted octanol–water partition coefficient (Wildman–Crippen LogP) is 2.37. The zero-order valence-corrected chi connectivity index (χ0v) is 12.8. The molecule has 0 amide bonds. The van der Waals surface area contributed by atoms with Gasteiger partial charge in [0.05, 0.1) is 13.7 Å². The first-order valence-corrected chi connectivity index (χ1v) is 7.38. The zero-order chi connectivity index (χ0) is 14.3. The molecule has 0 radical (unpaired) electrons. The zero-order valence-electron chi connectivity index (χ0n) is 12.8. The molecule has 1 N–H and O–H groups in total. The Labute approximate surface area is 117 Å². The number of esters is 1. The average Bonchev–Trinajstić information content (AvgIpc) is 2.62. The first-order valence-electron chi connectivity index (χ1n) is 7.38. The van der Waals surface area contributed by atoms with Crippen LogP contribution in [0.5, 0.6) is 0 Å². The molecule has 4 nitrogen and oxygen atoms in total. The molecule has 1 aliphatic carbocycles. The Balaban J connectivity index is 2.71. The highest BCUT2D eigenvalue weighted by molar-refractivity contribution is 5.80. The molecule has 2 atom stereocenters. The molecule has 1 rings (SSSR count). The Hall–Kier alpha value is -0.610. The average molecular weight is 271 g/mol. The monoisotopic (exact) mass is 271 g/mol. The van der Waals surface area contributed by atoms with Crippen molar-refractivity contribution >= 4 is 5.97 Å². The van der Waals surface area contributed by atoms with Crippen molar-refractivity contribution in [1.29, 1.82) is 0 Å². The van der Waals surface area contributed by atoms with Crippen LogP contribution in [0.3, 0.4) is 0 Å². The van der Waals surface area contributed by atoms with Gasteiger partial charge in [-0.1, -0.05) is 26.7 Å². The lowest BCUT2D eigenvalue weighted by Gasteiger charge is -2.31. The van der Waals surface area contributed by atoms with E-state index in [2.05, 4.69) is 19.2 Å². The minimum Gasteiger partial charge on any atom is -0.468 e. The fourth-order valence-corrected chi connectivity index (χ4v) is 3.07. The van der Waals surface area contributed by atoms with Crippen LogP contribution < -0.4 is 5.32 Å². The molecule has 19 heavy (non-hydrogen) atoms. The van der Waals surface area contributed by atoms with E-state index in [4.69, 9.17) is 9.47 Å². The summed E-state index contributed by atoms with van der Waals surface area (Å²) in [5, 5.41) is 3.39. The third-order valence-corrected chi connectivity index (χ3v) is 4.41. The van der Waals surface area contributed by atoms with Crippen LogP contribution in [0.25, 0.3) is 0 Å². The molecule has 1 saturated carbocycles. The summed E-state index contributed by atoms with van der Waals surface area (Å²) in [6.45, 7) is 5.85. The van der Waals surface area contributed by atoms with E-state index in [0.717, 1.165) is 31.6 Å². The van der Waals surface area contributed by atoms with Crippen molar-refractivity contribution in [2.75, 3.05) is 27.4 Å². The van der Waals surface area contributed by atoms with Gasteiger partial charge in [0.25, 0.3) is 0 Å². The predicted molar refractivity (Wildman–Crippen MR) is 76.0 cm³/mol. The Bertz CT molecular complexity index is 281. The van der Waals surface area contributed by atoms with Crippen molar-refractivity contribution in [3.05, 3.63) is 0 Å². The van der Waals surface area contributed by atoms with Crippen LogP contribution in [-0.2, 0) is 14.3 Å². The lowest BCUT2D eigenvalue weighted by atomic mass is 9.86. The summed E-state index contributed by atoms with van der Waals surface area (Å²) in [5.74, 6) is 1.29. The Kier molecular flexibility index (Phi) is 6.80. The van der Waals surface area contributed by atoms with E-state index in [1.807, 2.05) is 0 Å². The molecule has 1 fully saturated rings. The first kappa shape index (κ1) is 16.4. The van der Waals surface area contributed by atoms with Crippen LogP contribution in [0.15, 0.2) is 0 Å². The van der Waals surface area contributed by atoms with Crippen molar-refractivity contribution in [3.63, 3.8) is 0 Å². The van der Waals surface area contributed by atoms with Gasteiger partial charge < -0.3 is 9.47 Å². The maximum atomic E-state index is 12.2. The maximum Gasteiger partial charge on any atom is 0.326 e. The summed E-state index contributed by atoms with van der Waals surface area (Å²) < 4.78 is 10.1. The lowest BCUT2D eigenvalue weighted by Crippen LogP contribution is -2.53. The third-order valence-electron chi connectivity index (χ3n) is 4.41. The number of carbonyl (C=O) groups excluding carboxylic acids is 1. The highest BCUT2D eigenvalue weighted by atomic mass is 16.5. The Morgan fingerprint density at radius 1 is 1.32 bits per heavy atom. The summed E-state index contributed by atoms with van der Waals surface area (Å²) in [7, 11) is 3.15. The van der Waals surface area contributed by atoms with E-state index >= 15 is 0 Å². The minimum atomic E-state index is -0.503. The van der Waals surface area contributed by atoms with E-state index in [9.17, 15) is 4.79 Å². The van der Waals surface area contributed by atoms with E-state index in [0.29, 0.717) is 19.1 Å². The summed E-state index contributed by atoms with van der Waals surface area (Å²) in [6.07, 6.45) is 5.12. The van der Waals surface area contributed by atoms with E-state index in [-0.39, 0.29) is 5.97 Å². The minimum absolute atomic E-state index is 0.118. The highest BCUT2D eigenvalue weighted by Crippen LogP contribution is 2.34. The van der Waals surface area contributed by atoms with Crippen LogP contribution in [-0.4, -0.2) is 38.9 Å². The number of nitrogens with one attached hydrogen (secondary N) is 1. The molecule has 0 aromatic rings. The van der Waals surface area contributed by atoms with Gasteiger partial charge in [-0.15, -0.1) is 0 Å². The summed E-state index contributed by atoms with van der Waals surface area (Å²) in [5.41, 5.74) is -0.503. The number of ether oxygens (including phenoxy) is 2. The van der Waals surface area contributed by atoms with Crippen molar-refractivity contribution in [2.45, 2.75) is 51.5 Å². The normalized spacial score (nSPS) is 28.2. The number of hydrogen-bond acceptors (Lipinski definition) is 4. The fraction of sp³-hybridized carbons (Fsp3) is 0.933. The molecule has 112 valence electrons. The van der Waals surface area contributed by atoms with Crippen molar-refractivity contribution < 1.29 is 14.3 Å². The van der Waals surface area contributed by atoms with Gasteiger partial charge in [0.15, 0.2) is 0 Å². The van der Waals surface area contributed by atoms with Crippen LogP contribution in [0, 0.1) is 11.8 Å². The van der Waals surface area contributed by atoms with E-state index in [1.165, 1.54) is 13.5 Å². The third kappa shape index (κ3) is 4.46. The Morgan fingerprint density at radius 2 is 2.05 bits per heavy atom. The second-order valence-corrected chi connectivity index (χ2v) is 5.93. The number of carbonyl (C=O) groups is 1. The molecule has 4 heteroatoms. The van der Waals surface area contributed by atoms with E-state index < -0.39 is 5.54 Å². The summed E-state index contributed by atoms with van der Waals surface area (Å²) in [4.78, 5) is 12.2. The van der Waals surface area contributed by atoms with Crippen LogP contribution in [0.2, 0.25) is 0 Å².